The highest BCUT2D eigenvalue weighted by Crippen LogP contribution is 2.14. The monoisotopic (exact) mass is 281 g/mol. The first kappa shape index (κ1) is 16.9. The van der Waals surface area contributed by atoms with Crippen molar-refractivity contribution < 1.29 is 9.47 Å². The Kier molecular flexibility index (Phi) is 8.18. The van der Waals surface area contributed by atoms with E-state index < -0.39 is 0 Å². The van der Waals surface area contributed by atoms with Crippen molar-refractivity contribution in [2.24, 2.45) is 0 Å². The summed E-state index contributed by atoms with van der Waals surface area (Å²) in [6.07, 6.45) is 1.93. The number of ether oxygens (including phenoxy) is 2. The molecule has 0 amide bonds. The van der Waals surface area contributed by atoms with Crippen molar-refractivity contribution in [3.8, 4) is 0 Å². The summed E-state index contributed by atoms with van der Waals surface area (Å²) < 4.78 is 10.4. The van der Waals surface area contributed by atoms with Crippen LogP contribution in [0.2, 0.25) is 0 Å². The Balaban J connectivity index is 2.73. The highest BCUT2D eigenvalue weighted by Gasteiger charge is 2.15. The number of methoxy groups -OCH3 is 2. The Hall–Kier alpha value is -1.17. The van der Waals surface area contributed by atoms with Crippen LogP contribution in [0, 0.1) is 0 Å². The van der Waals surface area contributed by atoms with Gasteiger partial charge in [0.05, 0.1) is 19.3 Å². The molecule has 1 heterocycles. The lowest BCUT2D eigenvalue weighted by atomic mass is 10.2. The molecule has 1 N–H and O–H groups in total. The van der Waals surface area contributed by atoms with Gasteiger partial charge in [0.25, 0.3) is 0 Å². The summed E-state index contributed by atoms with van der Waals surface area (Å²) in [7, 11) is 3.43. The number of aromatic nitrogens is 1. The Labute approximate surface area is 122 Å². The van der Waals surface area contributed by atoms with E-state index in [4.69, 9.17) is 9.47 Å². The highest BCUT2D eigenvalue weighted by atomic mass is 16.5. The van der Waals surface area contributed by atoms with Gasteiger partial charge in [-0.25, -0.2) is 4.98 Å². The van der Waals surface area contributed by atoms with Crippen LogP contribution in [-0.4, -0.2) is 51.5 Å². The van der Waals surface area contributed by atoms with Crippen LogP contribution < -0.4 is 10.2 Å². The molecule has 0 aromatic carbocycles. The van der Waals surface area contributed by atoms with Crippen LogP contribution in [0.5, 0.6) is 0 Å². The van der Waals surface area contributed by atoms with Gasteiger partial charge in [0.15, 0.2) is 0 Å². The number of rotatable bonds is 10. The van der Waals surface area contributed by atoms with Crippen LogP contribution in [0.25, 0.3) is 0 Å². The van der Waals surface area contributed by atoms with Crippen LogP contribution >= 0.6 is 0 Å². The van der Waals surface area contributed by atoms with E-state index in [1.807, 2.05) is 6.20 Å². The zero-order chi connectivity index (χ0) is 14.8. The Morgan fingerprint density at radius 3 is 2.65 bits per heavy atom. The Morgan fingerprint density at radius 2 is 2.10 bits per heavy atom. The second-order valence-electron chi connectivity index (χ2n) is 4.80. The van der Waals surface area contributed by atoms with E-state index in [2.05, 4.69) is 41.2 Å². The lowest BCUT2D eigenvalue weighted by Crippen LogP contribution is -2.39. The minimum atomic E-state index is 0.266. The maximum absolute atomic E-state index is 5.24. The predicted molar refractivity (Wildman–Crippen MR) is 82.2 cm³/mol. The average molecular weight is 281 g/mol. The summed E-state index contributed by atoms with van der Waals surface area (Å²) in [5.74, 6) is 0.965. The van der Waals surface area contributed by atoms with E-state index in [0.717, 1.165) is 25.5 Å². The van der Waals surface area contributed by atoms with Gasteiger partial charge in [0.2, 0.25) is 0 Å². The van der Waals surface area contributed by atoms with Crippen LogP contribution in [0.3, 0.4) is 0 Å². The van der Waals surface area contributed by atoms with Gasteiger partial charge in [0.1, 0.15) is 5.82 Å². The fourth-order valence-corrected chi connectivity index (χ4v) is 2.04. The molecule has 1 rings (SSSR count). The van der Waals surface area contributed by atoms with E-state index in [0.29, 0.717) is 13.2 Å². The van der Waals surface area contributed by atoms with Crippen molar-refractivity contribution in [3.63, 3.8) is 0 Å². The first-order valence-corrected chi connectivity index (χ1v) is 7.13. The summed E-state index contributed by atoms with van der Waals surface area (Å²) in [5, 5.41) is 3.30. The molecule has 0 aliphatic heterocycles. The smallest absolute Gasteiger partial charge is 0.128 e. The van der Waals surface area contributed by atoms with E-state index >= 15 is 0 Å². The zero-order valence-electron chi connectivity index (χ0n) is 13.1. The Morgan fingerprint density at radius 1 is 1.30 bits per heavy atom. The lowest BCUT2D eigenvalue weighted by molar-refractivity contribution is 0.170. The molecular formula is C15H27N3O2. The van der Waals surface area contributed by atoms with Crippen LogP contribution in [-0.2, 0) is 16.0 Å². The molecule has 5 nitrogen and oxygen atoms in total. The topological polar surface area (TPSA) is 46.6 Å². The minimum absolute atomic E-state index is 0.266. The summed E-state index contributed by atoms with van der Waals surface area (Å²) in [4.78, 5) is 6.78. The van der Waals surface area contributed by atoms with E-state index in [1.54, 1.807) is 14.2 Å². The molecule has 1 aromatic rings. The third-order valence-electron chi connectivity index (χ3n) is 3.16. The molecule has 0 bridgehead atoms. The first-order valence-electron chi connectivity index (χ1n) is 7.13. The fourth-order valence-electron chi connectivity index (χ4n) is 2.04. The van der Waals surface area contributed by atoms with Crippen LogP contribution in [0.15, 0.2) is 18.3 Å². The number of pyridine rings is 1. The molecule has 5 heteroatoms. The maximum atomic E-state index is 5.24. The van der Waals surface area contributed by atoms with E-state index in [-0.39, 0.29) is 6.04 Å². The number of nitrogens with one attached hydrogen (secondary N) is 1. The van der Waals surface area contributed by atoms with Gasteiger partial charge in [-0.3, -0.25) is 0 Å². The van der Waals surface area contributed by atoms with Gasteiger partial charge in [-0.15, -0.1) is 0 Å². The first-order chi connectivity index (χ1) is 9.72. The van der Waals surface area contributed by atoms with Gasteiger partial charge in [0, 0.05) is 33.5 Å². The van der Waals surface area contributed by atoms with E-state index in [1.165, 1.54) is 5.56 Å². The second-order valence-corrected chi connectivity index (χ2v) is 4.80. The Bertz CT molecular complexity index is 357. The van der Waals surface area contributed by atoms with Gasteiger partial charge in [-0.2, -0.15) is 0 Å². The third kappa shape index (κ3) is 5.45. The van der Waals surface area contributed by atoms with Crippen molar-refractivity contribution in [3.05, 3.63) is 23.9 Å². The van der Waals surface area contributed by atoms with Gasteiger partial charge in [-0.1, -0.05) is 13.0 Å². The average Bonchev–Trinajstić information content (AvgIpc) is 2.47. The molecule has 0 radical (unpaired) electrons. The number of hydrogen-bond donors (Lipinski definition) is 1. The van der Waals surface area contributed by atoms with Crippen LogP contribution in [0.1, 0.15) is 19.4 Å². The predicted octanol–water partition coefficient (Wildman–Crippen LogP) is 1.68. The molecule has 1 aromatic heterocycles. The van der Waals surface area contributed by atoms with Crippen molar-refractivity contribution in [1.82, 2.24) is 10.3 Å². The summed E-state index contributed by atoms with van der Waals surface area (Å²) in [5.41, 5.74) is 1.20. The minimum Gasteiger partial charge on any atom is -0.383 e. The molecule has 0 aliphatic rings. The summed E-state index contributed by atoms with van der Waals surface area (Å²) in [6.45, 7) is 8.20. The molecular weight excluding hydrogens is 254 g/mol. The van der Waals surface area contributed by atoms with Crippen LogP contribution in [0.4, 0.5) is 5.82 Å². The zero-order valence-corrected chi connectivity index (χ0v) is 13.1. The molecule has 1 unspecified atom stereocenters. The molecule has 114 valence electrons. The quantitative estimate of drug-likeness (QED) is 0.707. The molecule has 0 spiro atoms. The van der Waals surface area contributed by atoms with Gasteiger partial charge >= 0.3 is 0 Å². The van der Waals surface area contributed by atoms with Gasteiger partial charge < -0.3 is 19.7 Å². The highest BCUT2D eigenvalue weighted by molar-refractivity contribution is 5.40. The molecule has 20 heavy (non-hydrogen) atoms. The SMILES string of the molecule is CCNCc1ccc(N(CCOC)C(C)COC)nc1. The third-order valence-corrected chi connectivity index (χ3v) is 3.16. The van der Waals surface area contributed by atoms with Crippen molar-refractivity contribution in [2.45, 2.75) is 26.4 Å². The molecule has 1 atom stereocenters. The fraction of sp³-hybridized carbons (Fsp3) is 0.667. The maximum Gasteiger partial charge on any atom is 0.128 e. The normalized spacial score (nSPS) is 12.4. The largest absolute Gasteiger partial charge is 0.383 e. The second kappa shape index (κ2) is 9.69. The number of anilines is 1. The summed E-state index contributed by atoms with van der Waals surface area (Å²) >= 11 is 0. The standard InChI is InChI=1S/C15H27N3O2/c1-5-16-10-14-6-7-15(17-11-14)18(8-9-19-3)13(2)12-20-4/h6-7,11,13,16H,5,8-10,12H2,1-4H3. The molecule has 0 saturated heterocycles. The number of hydrogen-bond acceptors (Lipinski definition) is 5. The van der Waals surface area contributed by atoms with Crippen molar-refractivity contribution >= 4 is 5.82 Å². The van der Waals surface area contributed by atoms with Crippen molar-refractivity contribution in [2.75, 3.05) is 45.4 Å². The molecule has 0 saturated carbocycles. The molecule has 0 fully saturated rings. The summed E-state index contributed by atoms with van der Waals surface area (Å²) in [6, 6.07) is 4.45. The van der Waals surface area contributed by atoms with Gasteiger partial charge in [-0.05, 0) is 25.1 Å². The molecule has 0 aliphatic carbocycles. The number of nitrogens with zero attached hydrogens (tertiary/aromatic N) is 2. The van der Waals surface area contributed by atoms with E-state index in [9.17, 15) is 0 Å². The van der Waals surface area contributed by atoms with Crippen molar-refractivity contribution in [1.29, 1.82) is 0 Å². The lowest BCUT2D eigenvalue weighted by Gasteiger charge is -2.29.